The van der Waals surface area contributed by atoms with E-state index in [1.54, 1.807) is 22.7 Å². The molecule has 0 aliphatic heterocycles. The van der Waals surface area contributed by atoms with Crippen LogP contribution in [0.2, 0.25) is 5.02 Å². The van der Waals surface area contributed by atoms with E-state index in [1.165, 1.54) is 4.88 Å². The molecule has 0 unspecified atom stereocenters. The number of rotatable bonds is 5. The SMILES string of the molecule is Clc1csc(CNCCc2cscn2)c1. The van der Waals surface area contributed by atoms with E-state index in [4.69, 9.17) is 11.6 Å². The van der Waals surface area contributed by atoms with E-state index >= 15 is 0 Å². The first-order chi connectivity index (χ1) is 7.34. The molecule has 5 heteroatoms. The summed E-state index contributed by atoms with van der Waals surface area (Å²) < 4.78 is 0. The van der Waals surface area contributed by atoms with Crippen LogP contribution in [0.5, 0.6) is 0 Å². The van der Waals surface area contributed by atoms with Crippen molar-refractivity contribution in [2.45, 2.75) is 13.0 Å². The zero-order valence-electron chi connectivity index (χ0n) is 8.07. The van der Waals surface area contributed by atoms with E-state index in [9.17, 15) is 0 Å². The summed E-state index contributed by atoms with van der Waals surface area (Å²) >= 11 is 9.16. The Kier molecular flexibility index (Phi) is 4.14. The number of nitrogens with one attached hydrogen (secondary N) is 1. The van der Waals surface area contributed by atoms with Gasteiger partial charge in [-0.1, -0.05) is 11.6 Å². The molecular formula is C10H11ClN2S2. The van der Waals surface area contributed by atoms with Gasteiger partial charge in [-0.25, -0.2) is 4.98 Å². The normalized spacial score (nSPS) is 10.7. The highest BCUT2D eigenvalue weighted by Crippen LogP contribution is 2.18. The Hall–Kier alpha value is -0.420. The predicted octanol–water partition coefficient (Wildman–Crippen LogP) is 3.19. The first kappa shape index (κ1) is 11.1. The third-order valence-electron chi connectivity index (χ3n) is 1.96. The molecule has 0 aliphatic carbocycles. The second kappa shape index (κ2) is 5.61. The van der Waals surface area contributed by atoms with Gasteiger partial charge in [-0.3, -0.25) is 0 Å². The van der Waals surface area contributed by atoms with Crippen molar-refractivity contribution in [3.8, 4) is 0 Å². The molecular weight excluding hydrogens is 248 g/mol. The Morgan fingerprint density at radius 2 is 2.33 bits per heavy atom. The van der Waals surface area contributed by atoms with Crippen LogP contribution >= 0.6 is 34.3 Å². The molecule has 0 aliphatic rings. The summed E-state index contributed by atoms with van der Waals surface area (Å²) in [6, 6.07) is 2.00. The lowest BCUT2D eigenvalue weighted by Gasteiger charge is -2.00. The van der Waals surface area contributed by atoms with Gasteiger partial charge in [-0.15, -0.1) is 22.7 Å². The number of hydrogen-bond donors (Lipinski definition) is 1. The Labute approximate surface area is 102 Å². The van der Waals surface area contributed by atoms with Gasteiger partial charge in [0, 0.05) is 35.1 Å². The summed E-state index contributed by atoms with van der Waals surface area (Å²) in [7, 11) is 0. The second-order valence-electron chi connectivity index (χ2n) is 3.14. The lowest BCUT2D eigenvalue weighted by Crippen LogP contribution is -2.15. The van der Waals surface area contributed by atoms with Gasteiger partial charge in [0.1, 0.15) is 0 Å². The predicted molar refractivity (Wildman–Crippen MR) is 66.9 cm³/mol. The molecule has 0 saturated carbocycles. The molecule has 80 valence electrons. The molecule has 0 amide bonds. The number of aromatic nitrogens is 1. The molecule has 2 aromatic rings. The topological polar surface area (TPSA) is 24.9 Å². The average molecular weight is 259 g/mol. The minimum absolute atomic E-state index is 0.830. The molecule has 0 saturated heterocycles. The van der Waals surface area contributed by atoms with Crippen LogP contribution in [0, 0.1) is 0 Å². The lowest BCUT2D eigenvalue weighted by atomic mass is 10.3. The molecule has 2 heterocycles. The minimum atomic E-state index is 0.830. The monoisotopic (exact) mass is 258 g/mol. The number of halogens is 1. The Morgan fingerprint density at radius 1 is 1.40 bits per heavy atom. The van der Waals surface area contributed by atoms with E-state index in [1.807, 2.05) is 17.0 Å². The summed E-state index contributed by atoms with van der Waals surface area (Å²) in [5, 5.41) is 8.24. The quantitative estimate of drug-likeness (QED) is 0.834. The van der Waals surface area contributed by atoms with Crippen LogP contribution in [0.25, 0.3) is 0 Å². The third kappa shape index (κ3) is 3.57. The molecule has 15 heavy (non-hydrogen) atoms. The molecule has 0 radical (unpaired) electrons. The number of nitrogens with zero attached hydrogens (tertiary/aromatic N) is 1. The molecule has 0 spiro atoms. The van der Waals surface area contributed by atoms with Crippen molar-refractivity contribution < 1.29 is 0 Å². The lowest BCUT2D eigenvalue weighted by molar-refractivity contribution is 0.688. The third-order valence-corrected chi connectivity index (χ3v) is 3.88. The molecule has 2 nitrogen and oxygen atoms in total. The van der Waals surface area contributed by atoms with Gasteiger partial charge in [0.05, 0.1) is 16.2 Å². The van der Waals surface area contributed by atoms with Gasteiger partial charge in [0.25, 0.3) is 0 Å². The molecule has 1 N–H and O–H groups in total. The first-order valence-electron chi connectivity index (χ1n) is 4.65. The largest absolute Gasteiger partial charge is 0.311 e. The molecule has 2 aromatic heterocycles. The van der Waals surface area contributed by atoms with Gasteiger partial charge in [-0.05, 0) is 6.07 Å². The summed E-state index contributed by atoms with van der Waals surface area (Å²) in [5.41, 5.74) is 3.03. The smallest absolute Gasteiger partial charge is 0.0794 e. The maximum Gasteiger partial charge on any atom is 0.0794 e. The second-order valence-corrected chi connectivity index (χ2v) is 5.29. The van der Waals surface area contributed by atoms with E-state index in [-0.39, 0.29) is 0 Å². The van der Waals surface area contributed by atoms with Crippen LogP contribution in [-0.2, 0) is 13.0 Å². The highest BCUT2D eigenvalue weighted by atomic mass is 35.5. The van der Waals surface area contributed by atoms with Gasteiger partial charge >= 0.3 is 0 Å². The van der Waals surface area contributed by atoms with Crippen LogP contribution in [-0.4, -0.2) is 11.5 Å². The maximum absolute atomic E-state index is 5.83. The van der Waals surface area contributed by atoms with E-state index in [2.05, 4.69) is 15.7 Å². The maximum atomic E-state index is 5.83. The Morgan fingerprint density at radius 3 is 3.00 bits per heavy atom. The highest BCUT2D eigenvalue weighted by molar-refractivity contribution is 7.10. The summed E-state index contributed by atoms with van der Waals surface area (Å²) in [6.45, 7) is 1.85. The summed E-state index contributed by atoms with van der Waals surface area (Å²) in [6.07, 6.45) is 0.989. The Bertz CT molecular complexity index is 397. The average Bonchev–Trinajstić information content (AvgIpc) is 2.84. The van der Waals surface area contributed by atoms with Gasteiger partial charge in [-0.2, -0.15) is 0 Å². The van der Waals surface area contributed by atoms with E-state index < -0.39 is 0 Å². The van der Waals surface area contributed by atoms with Crippen LogP contribution in [0.3, 0.4) is 0 Å². The molecule has 0 aromatic carbocycles. The van der Waals surface area contributed by atoms with Crippen molar-refractivity contribution in [2.75, 3.05) is 6.54 Å². The summed E-state index contributed by atoms with van der Waals surface area (Å²) in [5.74, 6) is 0. The number of thiophene rings is 1. The molecule has 0 bridgehead atoms. The molecule has 2 rings (SSSR count). The van der Waals surface area contributed by atoms with Crippen molar-refractivity contribution in [3.63, 3.8) is 0 Å². The zero-order chi connectivity index (χ0) is 10.5. The fraction of sp³-hybridized carbons (Fsp3) is 0.300. The summed E-state index contributed by atoms with van der Waals surface area (Å²) in [4.78, 5) is 5.50. The van der Waals surface area contributed by atoms with Crippen LogP contribution in [0.4, 0.5) is 0 Å². The van der Waals surface area contributed by atoms with Crippen molar-refractivity contribution in [2.24, 2.45) is 0 Å². The molecule has 0 atom stereocenters. The van der Waals surface area contributed by atoms with Crippen molar-refractivity contribution in [1.29, 1.82) is 0 Å². The molecule has 0 fully saturated rings. The highest BCUT2D eigenvalue weighted by Gasteiger charge is 1.98. The fourth-order valence-corrected chi connectivity index (χ4v) is 2.87. The number of thiazole rings is 1. The van der Waals surface area contributed by atoms with Crippen molar-refractivity contribution in [1.82, 2.24) is 10.3 Å². The van der Waals surface area contributed by atoms with E-state index in [0.717, 1.165) is 30.2 Å². The van der Waals surface area contributed by atoms with Crippen LogP contribution in [0.1, 0.15) is 10.6 Å². The van der Waals surface area contributed by atoms with Crippen molar-refractivity contribution >= 4 is 34.3 Å². The standard InChI is InChI=1S/C10H11ClN2S2/c11-8-3-10(15-5-8)4-12-2-1-9-6-14-7-13-9/h3,5-7,12H,1-2,4H2. The zero-order valence-corrected chi connectivity index (χ0v) is 10.5. The fourth-order valence-electron chi connectivity index (χ4n) is 1.24. The van der Waals surface area contributed by atoms with Crippen LogP contribution < -0.4 is 5.32 Å². The van der Waals surface area contributed by atoms with Crippen molar-refractivity contribution in [3.05, 3.63) is 37.9 Å². The van der Waals surface area contributed by atoms with Gasteiger partial charge in [0.15, 0.2) is 0 Å². The minimum Gasteiger partial charge on any atom is -0.311 e. The first-order valence-corrected chi connectivity index (χ1v) is 6.85. The van der Waals surface area contributed by atoms with Gasteiger partial charge in [0.2, 0.25) is 0 Å². The Balaban J connectivity index is 1.67. The van der Waals surface area contributed by atoms with Crippen LogP contribution in [0.15, 0.2) is 22.3 Å². The van der Waals surface area contributed by atoms with Gasteiger partial charge < -0.3 is 5.32 Å². The number of hydrogen-bond acceptors (Lipinski definition) is 4. The van der Waals surface area contributed by atoms with E-state index in [0.29, 0.717) is 0 Å².